The maximum Gasteiger partial charge on any atom is 0.246 e. The summed E-state index contributed by atoms with van der Waals surface area (Å²) in [6.45, 7) is 12.9. The summed E-state index contributed by atoms with van der Waals surface area (Å²) < 4.78 is 0. The lowest BCUT2D eigenvalue weighted by atomic mass is 9.55. The van der Waals surface area contributed by atoms with Crippen LogP contribution in [0.5, 0.6) is 5.75 Å². The molecule has 3 amide bonds. The molecule has 368 valence electrons. The first-order valence-corrected chi connectivity index (χ1v) is 25.3. The Hall–Kier alpha value is -6.31. The topological polar surface area (TPSA) is 192 Å². The number of fused-ring (bicyclic) bond motifs is 3. The minimum Gasteiger partial charge on any atom is -0.507 e. The highest BCUT2D eigenvalue weighted by Crippen LogP contribution is 2.55. The first kappa shape index (κ1) is 47.4. The SMILES string of the molecule is C#Cc1ccc(CNC(=O)[C@@H]2C[C@@H](O)CN2C(=O)[C@@H](NC(=O)C2CC3(CCC(N4CCN(c5cnc(N6CCC7Nc8nnc(-c9ccccc9O)cc8C7[C@H]6C)nc5)CC4)CC3)C2)C(C)(C)C)cc1. The number of amides is 3. The third-order valence-electron chi connectivity index (χ3n) is 16.5. The molecule has 2 aliphatic carbocycles. The molecule has 6 atom stereocenters. The number of piperidine rings is 1. The van der Waals surface area contributed by atoms with Crippen LogP contribution in [0.3, 0.4) is 0 Å². The number of nitrogens with zero attached hydrogens (tertiary/aromatic N) is 8. The van der Waals surface area contributed by atoms with Crippen LogP contribution in [0.2, 0.25) is 0 Å². The van der Waals surface area contributed by atoms with Crippen molar-refractivity contribution in [2.45, 2.75) is 128 Å². The van der Waals surface area contributed by atoms with Crippen molar-refractivity contribution in [1.82, 2.24) is 40.6 Å². The molecule has 2 aromatic carbocycles. The number of carbonyl (C=O) groups excluding carboxylic acids is 3. The van der Waals surface area contributed by atoms with E-state index in [-0.39, 0.29) is 72.3 Å². The number of aromatic nitrogens is 4. The monoisotopic (exact) mass is 950 g/mol. The molecule has 70 heavy (non-hydrogen) atoms. The van der Waals surface area contributed by atoms with Gasteiger partial charge in [0.25, 0.3) is 0 Å². The Labute approximate surface area is 411 Å². The van der Waals surface area contributed by atoms with Gasteiger partial charge in [-0.2, -0.15) is 0 Å². The van der Waals surface area contributed by atoms with Gasteiger partial charge in [0.15, 0.2) is 5.82 Å². The largest absolute Gasteiger partial charge is 0.507 e. The molecule has 1 spiro atoms. The van der Waals surface area contributed by atoms with Gasteiger partial charge in [-0.05, 0) is 98.6 Å². The lowest BCUT2D eigenvalue weighted by Crippen LogP contribution is -2.60. The van der Waals surface area contributed by atoms with Gasteiger partial charge in [0, 0.05) is 98.9 Å². The summed E-state index contributed by atoms with van der Waals surface area (Å²) in [5.74, 6) is 3.57. The molecule has 2 unspecified atom stereocenters. The number of aliphatic hydroxyl groups excluding tert-OH is 1. The Balaban J connectivity index is 0.682. The molecular weight excluding hydrogens is 883 g/mol. The van der Waals surface area contributed by atoms with Gasteiger partial charge in [-0.15, -0.1) is 16.6 Å². The predicted molar refractivity (Wildman–Crippen MR) is 268 cm³/mol. The summed E-state index contributed by atoms with van der Waals surface area (Å²) in [5, 5.41) is 39.8. The normalized spacial score (nSPS) is 27.9. The number of benzene rings is 2. The van der Waals surface area contributed by atoms with E-state index in [0.29, 0.717) is 17.3 Å². The van der Waals surface area contributed by atoms with E-state index >= 15 is 0 Å². The van der Waals surface area contributed by atoms with Gasteiger partial charge in [-0.3, -0.25) is 19.3 Å². The lowest BCUT2D eigenvalue weighted by Gasteiger charge is -2.53. The Morgan fingerprint density at radius 1 is 0.943 bits per heavy atom. The average Bonchev–Trinajstić information content (AvgIpc) is 3.94. The first-order valence-electron chi connectivity index (χ1n) is 25.3. The first-order chi connectivity index (χ1) is 33.7. The Morgan fingerprint density at radius 2 is 1.66 bits per heavy atom. The number of phenols is 1. The Morgan fingerprint density at radius 3 is 2.34 bits per heavy atom. The van der Waals surface area contributed by atoms with Crippen molar-refractivity contribution in [2.75, 3.05) is 54.4 Å². The van der Waals surface area contributed by atoms with Crippen LogP contribution in [0.15, 0.2) is 67.0 Å². The molecule has 5 N–H and O–H groups in total. The van der Waals surface area contributed by atoms with Gasteiger partial charge in [-0.25, -0.2) is 9.97 Å². The van der Waals surface area contributed by atoms with E-state index in [2.05, 4.69) is 59.8 Å². The third-order valence-corrected chi connectivity index (χ3v) is 16.5. The molecular formula is C54H67N11O5. The van der Waals surface area contributed by atoms with Gasteiger partial charge in [0.2, 0.25) is 23.7 Å². The molecule has 5 fully saturated rings. The van der Waals surface area contributed by atoms with E-state index < -0.39 is 23.6 Å². The van der Waals surface area contributed by atoms with Gasteiger partial charge >= 0.3 is 0 Å². The van der Waals surface area contributed by atoms with Crippen LogP contribution >= 0.6 is 0 Å². The van der Waals surface area contributed by atoms with Gasteiger partial charge in [0.1, 0.15) is 17.8 Å². The van der Waals surface area contributed by atoms with E-state index in [1.165, 1.54) is 4.90 Å². The Kier molecular flexibility index (Phi) is 12.9. The van der Waals surface area contributed by atoms with Crippen molar-refractivity contribution >= 4 is 35.2 Å². The number of piperazine rings is 1. The molecule has 6 heterocycles. The second-order valence-electron chi connectivity index (χ2n) is 21.9. The highest BCUT2D eigenvalue weighted by Gasteiger charge is 2.51. The molecule has 0 radical (unpaired) electrons. The number of anilines is 3. The fraction of sp³-hybridized carbons (Fsp3) is 0.537. The summed E-state index contributed by atoms with van der Waals surface area (Å²) in [5.41, 5.74) is 4.66. The predicted octanol–water partition coefficient (Wildman–Crippen LogP) is 5.07. The molecule has 4 aromatic rings. The number of aromatic hydroxyl groups is 1. The number of aliphatic hydroxyl groups is 1. The molecule has 0 bridgehead atoms. The van der Waals surface area contributed by atoms with E-state index in [1.807, 2.05) is 69.6 Å². The van der Waals surface area contributed by atoms with Crippen LogP contribution in [-0.4, -0.2) is 133 Å². The highest BCUT2D eigenvalue weighted by molar-refractivity contribution is 5.93. The van der Waals surface area contributed by atoms with Crippen LogP contribution in [0.1, 0.15) is 102 Å². The highest BCUT2D eigenvalue weighted by atomic mass is 16.3. The maximum atomic E-state index is 14.2. The van der Waals surface area contributed by atoms with Crippen molar-refractivity contribution in [2.24, 2.45) is 16.7 Å². The number of rotatable bonds is 10. The van der Waals surface area contributed by atoms with E-state index in [4.69, 9.17) is 16.4 Å². The summed E-state index contributed by atoms with van der Waals surface area (Å²) in [4.78, 5) is 60.2. The Bertz CT molecular complexity index is 2610. The number of nitrogens with one attached hydrogen (secondary N) is 3. The fourth-order valence-electron chi connectivity index (χ4n) is 12.4. The summed E-state index contributed by atoms with van der Waals surface area (Å²) in [6.07, 6.45) is 15.7. The van der Waals surface area contributed by atoms with Crippen molar-refractivity contribution in [3.63, 3.8) is 0 Å². The number of hydrogen-bond donors (Lipinski definition) is 5. The second-order valence-corrected chi connectivity index (χ2v) is 21.9. The maximum absolute atomic E-state index is 14.2. The van der Waals surface area contributed by atoms with Gasteiger partial charge in [-0.1, -0.05) is 51.0 Å². The minimum atomic E-state index is -0.842. The van der Waals surface area contributed by atoms with Crippen molar-refractivity contribution in [3.8, 4) is 29.4 Å². The summed E-state index contributed by atoms with van der Waals surface area (Å²) >= 11 is 0. The average molecular weight is 950 g/mol. The number of carbonyl (C=O) groups is 3. The number of para-hydroxylation sites is 1. The van der Waals surface area contributed by atoms with Crippen LogP contribution in [0, 0.1) is 29.1 Å². The number of phenolic OH excluding ortho intramolecular Hbond substituents is 1. The van der Waals surface area contributed by atoms with Gasteiger partial charge < -0.3 is 40.9 Å². The molecule has 10 rings (SSSR count). The molecule has 3 saturated heterocycles. The summed E-state index contributed by atoms with van der Waals surface area (Å²) in [7, 11) is 0. The molecule has 6 aliphatic rings. The van der Waals surface area contributed by atoms with E-state index in [9.17, 15) is 24.6 Å². The third kappa shape index (κ3) is 9.37. The van der Waals surface area contributed by atoms with E-state index in [0.717, 1.165) is 112 Å². The fourth-order valence-corrected chi connectivity index (χ4v) is 12.4. The van der Waals surface area contributed by atoms with Crippen LogP contribution < -0.4 is 25.8 Å². The van der Waals surface area contributed by atoms with Gasteiger partial charge in [0.05, 0.1) is 29.9 Å². The molecule has 2 saturated carbocycles. The van der Waals surface area contributed by atoms with Crippen LogP contribution in [0.4, 0.5) is 17.5 Å². The number of terminal acetylenes is 1. The number of likely N-dealkylation sites (tertiary alicyclic amines) is 1. The zero-order chi connectivity index (χ0) is 48.9. The van der Waals surface area contributed by atoms with Crippen molar-refractivity contribution in [1.29, 1.82) is 0 Å². The molecule has 4 aliphatic heterocycles. The molecule has 16 heteroatoms. The minimum absolute atomic E-state index is 0.0393. The molecule has 16 nitrogen and oxygen atoms in total. The van der Waals surface area contributed by atoms with Crippen LogP contribution in [0.25, 0.3) is 11.3 Å². The lowest BCUT2D eigenvalue weighted by molar-refractivity contribution is -0.146. The zero-order valence-corrected chi connectivity index (χ0v) is 40.9. The van der Waals surface area contributed by atoms with Crippen molar-refractivity contribution < 1.29 is 24.6 Å². The smallest absolute Gasteiger partial charge is 0.246 e. The number of hydrogen-bond acceptors (Lipinski definition) is 13. The number of β-amino-alcohol motifs (C(OH)–C–C–N with tert-alkyl or cyclic N) is 1. The van der Waals surface area contributed by atoms with E-state index in [1.54, 1.807) is 12.1 Å². The van der Waals surface area contributed by atoms with Crippen molar-refractivity contribution in [3.05, 3.63) is 83.7 Å². The molecule has 2 aromatic heterocycles. The quantitative estimate of drug-likeness (QED) is 0.133. The standard InChI is InChI=1S/C54H67N11O5/c1-6-34-11-13-35(14-12-34)29-55-50(69)44-25-39(66)32-65(44)51(70)47(53(3,4)5)59-49(68)36-27-54(28-36)18-15-37(16-19-54)62-21-23-63(24-22-62)38-30-56-52(57-31-38)64-20-17-42-46(33(64)2)41-26-43(60-61-48(41)58-42)40-9-7-8-10-45(40)67/h1,7-14,26,30-31,33,36-37,39,42,44,46-47,66-67H,15-25,27-29,32H2,2-5H3,(H,55,69)(H,58,61)(H,59,68)/t33-,36?,37?,39-,42?,44+,46?,47-,54?/m1/s1. The second kappa shape index (κ2) is 19.1. The summed E-state index contributed by atoms with van der Waals surface area (Å²) in [6, 6.07) is 15.9. The van der Waals surface area contributed by atoms with Crippen LogP contribution in [-0.2, 0) is 20.9 Å². The zero-order valence-electron chi connectivity index (χ0n) is 40.9.